The van der Waals surface area contributed by atoms with E-state index >= 15 is 0 Å². The van der Waals surface area contributed by atoms with Crippen molar-refractivity contribution in [3.05, 3.63) is 47.7 Å². The normalized spacial score (nSPS) is 23.2. The molecule has 1 aromatic carbocycles. The molecule has 7 nitrogen and oxygen atoms in total. The Labute approximate surface area is 169 Å². The van der Waals surface area contributed by atoms with Gasteiger partial charge in [0.2, 0.25) is 5.91 Å². The van der Waals surface area contributed by atoms with Crippen LogP contribution in [0.5, 0.6) is 0 Å². The largest absolute Gasteiger partial charge is 0.368 e. The van der Waals surface area contributed by atoms with Crippen molar-refractivity contribution in [1.82, 2.24) is 24.6 Å². The van der Waals surface area contributed by atoms with Gasteiger partial charge in [0.1, 0.15) is 17.8 Å². The molecule has 1 fully saturated rings. The molecule has 7 heteroatoms. The fourth-order valence-electron chi connectivity index (χ4n) is 5.45. The Morgan fingerprint density at radius 3 is 2.97 bits per heavy atom. The molecule has 1 N–H and O–H groups in total. The number of hydrogen-bond donors (Lipinski definition) is 1. The van der Waals surface area contributed by atoms with Crippen molar-refractivity contribution in [2.75, 3.05) is 19.7 Å². The van der Waals surface area contributed by atoms with Gasteiger partial charge in [-0.1, -0.05) is 18.2 Å². The first-order chi connectivity index (χ1) is 14.2. The summed E-state index contributed by atoms with van der Waals surface area (Å²) in [6, 6.07) is 8.51. The van der Waals surface area contributed by atoms with E-state index in [0.717, 1.165) is 57.6 Å². The average Bonchev–Trinajstić information content (AvgIpc) is 3.39. The summed E-state index contributed by atoms with van der Waals surface area (Å²) in [7, 11) is 0. The van der Waals surface area contributed by atoms with Gasteiger partial charge in [0, 0.05) is 30.4 Å². The number of aryl methyl sites for hydroxylation is 1. The molecule has 1 unspecified atom stereocenters. The van der Waals surface area contributed by atoms with E-state index in [1.165, 1.54) is 22.2 Å². The van der Waals surface area contributed by atoms with Crippen molar-refractivity contribution >= 4 is 16.8 Å². The topological polar surface area (TPSA) is 76.0 Å². The predicted molar refractivity (Wildman–Crippen MR) is 107 cm³/mol. The predicted octanol–water partition coefficient (Wildman–Crippen LogP) is 2.41. The minimum absolute atomic E-state index is 0.00848. The zero-order chi connectivity index (χ0) is 19.4. The summed E-state index contributed by atoms with van der Waals surface area (Å²) in [5.74, 6) is 1.26. The number of rotatable bonds is 1. The second-order valence-electron chi connectivity index (χ2n) is 8.54. The van der Waals surface area contributed by atoms with E-state index in [4.69, 9.17) is 4.74 Å². The van der Waals surface area contributed by atoms with Gasteiger partial charge in [-0.15, -0.1) is 0 Å². The highest BCUT2D eigenvalue weighted by Gasteiger charge is 2.44. The number of ether oxygens (including phenoxy) is 1. The van der Waals surface area contributed by atoms with E-state index < -0.39 is 0 Å². The number of carbonyl (C=O) groups excluding carboxylic acids is 1. The number of amides is 1. The van der Waals surface area contributed by atoms with E-state index in [0.29, 0.717) is 6.54 Å². The second kappa shape index (κ2) is 6.42. The van der Waals surface area contributed by atoms with Gasteiger partial charge < -0.3 is 14.6 Å². The Kier molecular flexibility index (Phi) is 3.81. The first-order valence-electron chi connectivity index (χ1n) is 10.6. The maximum atomic E-state index is 13.2. The van der Waals surface area contributed by atoms with Crippen molar-refractivity contribution in [1.29, 1.82) is 0 Å². The van der Waals surface area contributed by atoms with Gasteiger partial charge >= 0.3 is 0 Å². The standard InChI is InChI=1S/C22H25N5O2/c28-21(15-5-6-19-23-14-24-27(19)13-15)26-10-8-22(9-11-26)20-17(7-12-29-22)16-3-1-2-4-18(16)25-20/h1-4,14-15,25H,5-13H2. The third kappa shape index (κ3) is 2.64. The molecule has 29 heavy (non-hydrogen) atoms. The molecular weight excluding hydrogens is 366 g/mol. The Bertz CT molecular complexity index is 1080. The highest BCUT2D eigenvalue weighted by atomic mass is 16.5. The summed E-state index contributed by atoms with van der Waals surface area (Å²) in [5, 5.41) is 5.57. The highest BCUT2D eigenvalue weighted by molar-refractivity contribution is 5.85. The summed E-state index contributed by atoms with van der Waals surface area (Å²) in [5.41, 5.74) is 3.54. The smallest absolute Gasteiger partial charge is 0.227 e. The summed E-state index contributed by atoms with van der Waals surface area (Å²) in [6.07, 6.45) is 5.93. The molecule has 1 saturated heterocycles. The Hall–Kier alpha value is -2.67. The SMILES string of the molecule is O=C(C1CCc2ncnn2C1)N1CCC2(CC1)OCCc1c2[nH]c2ccccc12. The molecule has 150 valence electrons. The molecule has 2 aromatic heterocycles. The summed E-state index contributed by atoms with van der Waals surface area (Å²) >= 11 is 0. The van der Waals surface area contributed by atoms with Gasteiger partial charge in [-0.3, -0.25) is 4.79 Å². The molecule has 5 heterocycles. The van der Waals surface area contributed by atoms with Crippen LogP contribution in [0.2, 0.25) is 0 Å². The number of aromatic amines is 1. The lowest BCUT2D eigenvalue weighted by Crippen LogP contribution is -2.50. The molecule has 3 aliphatic rings. The molecule has 3 aliphatic heterocycles. The lowest BCUT2D eigenvalue weighted by atomic mass is 9.82. The average molecular weight is 391 g/mol. The molecule has 6 rings (SSSR count). The molecule has 0 saturated carbocycles. The Morgan fingerprint density at radius 1 is 1.21 bits per heavy atom. The van der Waals surface area contributed by atoms with Gasteiger partial charge in [0.15, 0.2) is 0 Å². The second-order valence-corrected chi connectivity index (χ2v) is 8.54. The molecule has 1 amide bonds. The van der Waals surface area contributed by atoms with Crippen molar-refractivity contribution in [2.45, 2.75) is 44.2 Å². The Morgan fingerprint density at radius 2 is 2.07 bits per heavy atom. The number of aromatic nitrogens is 4. The van der Waals surface area contributed by atoms with Gasteiger partial charge in [0.25, 0.3) is 0 Å². The number of carbonyl (C=O) groups is 1. The van der Waals surface area contributed by atoms with E-state index in [1.54, 1.807) is 6.33 Å². The third-order valence-corrected chi connectivity index (χ3v) is 7.04. The first-order valence-corrected chi connectivity index (χ1v) is 10.6. The molecule has 3 aromatic rings. The van der Waals surface area contributed by atoms with E-state index in [2.05, 4.69) is 39.3 Å². The fraction of sp³-hybridized carbons (Fsp3) is 0.500. The lowest BCUT2D eigenvalue weighted by molar-refractivity contribution is -0.146. The number of piperidine rings is 1. The van der Waals surface area contributed by atoms with Crippen LogP contribution in [0.3, 0.4) is 0 Å². The monoisotopic (exact) mass is 391 g/mol. The van der Waals surface area contributed by atoms with Crippen LogP contribution in [0, 0.1) is 5.92 Å². The van der Waals surface area contributed by atoms with Gasteiger partial charge in [-0.05, 0) is 37.3 Å². The maximum Gasteiger partial charge on any atom is 0.227 e. The van der Waals surface area contributed by atoms with Crippen LogP contribution in [-0.4, -0.2) is 50.3 Å². The number of para-hydroxylation sites is 1. The zero-order valence-electron chi connectivity index (χ0n) is 16.4. The van der Waals surface area contributed by atoms with Crippen molar-refractivity contribution in [2.24, 2.45) is 5.92 Å². The minimum atomic E-state index is -0.283. The van der Waals surface area contributed by atoms with E-state index in [-0.39, 0.29) is 17.4 Å². The van der Waals surface area contributed by atoms with Crippen LogP contribution in [0.15, 0.2) is 30.6 Å². The molecule has 0 radical (unpaired) electrons. The van der Waals surface area contributed by atoms with Crippen LogP contribution in [0.25, 0.3) is 10.9 Å². The summed E-state index contributed by atoms with van der Waals surface area (Å²) in [4.78, 5) is 23.1. The van der Waals surface area contributed by atoms with Gasteiger partial charge in [0.05, 0.1) is 24.8 Å². The lowest BCUT2D eigenvalue weighted by Gasteiger charge is -2.44. The minimum Gasteiger partial charge on any atom is -0.368 e. The maximum absolute atomic E-state index is 13.2. The zero-order valence-corrected chi connectivity index (χ0v) is 16.4. The molecular formula is C22H25N5O2. The number of nitrogens with zero attached hydrogens (tertiary/aromatic N) is 4. The Balaban J connectivity index is 1.21. The quantitative estimate of drug-likeness (QED) is 0.691. The number of fused-ring (bicyclic) bond motifs is 5. The fourth-order valence-corrected chi connectivity index (χ4v) is 5.45. The number of benzene rings is 1. The first kappa shape index (κ1) is 17.2. The highest BCUT2D eigenvalue weighted by Crippen LogP contribution is 2.43. The van der Waals surface area contributed by atoms with Crippen LogP contribution in [0.1, 0.15) is 36.3 Å². The summed E-state index contributed by atoms with van der Waals surface area (Å²) < 4.78 is 8.27. The number of nitrogens with one attached hydrogen (secondary N) is 1. The van der Waals surface area contributed by atoms with Crippen molar-refractivity contribution < 1.29 is 9.53 Å². The molecule has 0 aliphatic carbocycles. The van der Waals surface area contributed by atoms with Gasteiger partial charge in [-0.25, -0.2) is 9.67 Å². The number of hydrogen-bond acceptors (Lipinski definition) is 4. The van der Waals surface area contributed by atoms with Crippen molar-refractivity contribution in [3.63, 3.8) is 0 Å². The van der Waals surface area contributed by atoms with E-state index in [1.807, 2.05) is 9.58 Å². The summed E-state index contributed by atoms with van der Waals surface area (Å²) in [6.45, 7) is 2.89. The number of H-pyrrole nitrogens is 1. The van der Waals surface area contributed by atoms with Crippen LogP contribution < -0.4 is 0 Å². The molecule has 1 spiro atoms. The van der Waals surface area contributed by atoms with Crippen molar-refractivity contribution in [3.8, 4) is 0 Å². The number of likely N-dealkylation sites (tertiary alicyclic amines) is 1. The van der Waals surface area contributed by atoms with Gasteiger partial charge in [-0.2, -0.15) is 5.10 Å². The molecule has 1 atom stereocenters. The molecule has 0 bridgehead atoms. The van der Waals surface area contributed by atoms with Crippen LogP contribution in [0.4, 0.5) is 0 Å². The van der Waals surface area contributed by atoms with E-state index in [9.17, 15) is 4.79 Å². The van der Waals surface area contributed by atoms with Crippen LogP contribution >= 0.6 is 0 Å². The third-order valence-electron chi connectivity index (χ3n) is 7.04. The van der Waals surface area contributed by atoms with Crippen LogP contribution in [-0.2, 0) is 34.5 Å².